The van der Waals surface area contributed by atoms with Crippen LogP contribution in [0.2, 0.25) is 0 Å². The lowest BCUT2D eigenvalue weighted by Crippen LogP contribution is -2.65. The molecule has 2 aliphatic carbocycles. The van der Waals surface area contributed by atoms with E-state index < -0.39 is 9.84 Å². The van der Waals surface area contributed by atoms with Gasteiger partial charge in [0, 0.05) is 23.9 Å². The smallest absolute Gasteiger partial charge is 0.225 e. The van der Waals surface area contributed by atoms with E-state index in [9.17, 15) is 18.3 Å². The molecule has 0 radical (unpaired) electrons. The van der Waals surface area contributed by atoms with E-state index in [1.807, 2.05) is 11.0 Å². The Bertz CT molecular complexity index is 1170. The molecule has 1 unspecified atom stereocenters. The number of furan rings is 1. The maximum absolute atomic E-state index is 13.7. The van der Waals surface area contributed by atoms with E-state index in [4.69, 9.17) is 4.42 Å². The van der Waals surface area contributed by atoms with Crippen molar-refractivity contribution in [1.82, 2.24) is 4.90 Å². The molecule has 1 saturated carbocycles. The van der Waals surface area contributed by atoms with Crippen LogP contribution < -0.4 is 0 Å². The van der Waals surface area contributed by atoms with E-state index >= 15 is 0 Å². The number of carbonyl (C=O) groups excluding carboxylic acids is 1. The second-order valence-electron chi connectivity index (χ2n) is 10.9. The van der Waals surface area contributed by atoms with Crippen molar-refractivity contribution in [3.05, 3.63) is 47.7 Å². The van der Waals surface area contributed by atoms with Gasteiger partial charge in [-0.05, 0) is 72.8 Å². The molecule has 33 heavy (non-hydrogen) atoms. The fraction of sp³-hybridized carbons (Fsp3) is 0.577. The zero-order chi connectivity index (χ0) is 23.6. The first-order valence-corrected chi connectivity index (χ1v) is 13.6. The number of phenolic OH excluding ortho intramolecular Hbond substituents is 1. The minimum Gasteiger partial charge on any atom is -0.508 e. The van der Waals surface area contributed by atoms with Gasteiger partial charge in [0.2, 0.25) is 20.8 Å². The van der Waals surface area contributed by atoms with Gasteiger partial charge in [0.25, 0.3) is 0 Å². The maximum atomic E-state index is 13.7. The summed E-state index contributed by atoms with van der Waals surface area (Å²) in [5, 5.41) is 10.6. The molecule has 7 heteroatoms. The first kappa shape index (κ1) is 22.5. The van der Waals surface area contributed by atoms with E-state index in [-0.39, 0.29) is 45.5 Å². The molecule has 0 spiro atoms. The number of nitrogens with zero attached hydrogens (tertiary/aromatic N) is 1. The molecule has 6 nitrogen and oxygen atoms in total. The van der Waals surface area contributed by atoms with Crippen molar-refractivity contribution in [3.8, 4) is 5.75 Å². The van der Waals surface area contributed by atoms with E-state index in [1.165, 1.54) is 17.9 Å². The Kier molecular flexibility index (Phi) is 5.20. The SMILES string of the molecule is CC1(C)[C@H]2Cc3c(O)cccc3[C@]1(C)CCN2C(=O)[C@@H]1CCC(CS(=O)(=O)c2ccco2)C1. The van der Waals surface area contributed by atoms with Crippen molar-refractivity contribution in [1.29, 1.82) is 0 Å². The summed E-state index contributed by atoms with van der Waals surface area (Å²) in [7, 11) is -3.47. The summed E-state index contributed by atoms with van der Waals surface area (Å²) in [4.78, 5) is 15.8. The molecular weight excluding hydrogens is 438 g/mol. The normalized spacial score (nSPS) is 30.8. The number of piperidine rings is 1. The Morgan fingerprint density at radius 1 is 1.18 bits per heavy atom. The van der Waals surface area contributed by atoms with Crippen LogP contribution >= 0.6 is 0 Å². The highest BCUT2D eigenvalue weighted by atomic mass is 32.2. The summed E-state index contributed by atoms with van der Waals surface area (Å²) >= 11 is 0. The number of fused-ring (bicyclic) bond motifs is 4. The molecule has 1 aromatic carbocycles. The van der Waals surface area contributed by atoms with Gasteiger partial charge in [0.05, 0.1) is 12.0 Å². The number of benzene rings is 1. The fourth-order valence-corrected chi connectivity index (χ4v) is 8.28. The van der Waals surface area contributed by atoms with Crippen molar-refractivity contribution >= 4 is 15.7 Å². The fourth-order valence-electron chi connectivity index (χ4n) is 6.71. The number of amides is 1. The number of carbonyl (C=O) groups is 1. The van der Waals surface area contributed by atoms with E-state index in [0.29, 0.717) is 25.1 Å². The zero-order valence-corrected chi connectivity index (χ0v) is 20.4. The van der Waals surface area contributed by atoms with Crippen LogP contribution in [0.5, 0.6) is 5.75 Å². The third-order valence-corrected chi connectivity index (χ3v) is 10.8. The zero-order valence-electron chi connectivity index (χ0n) is 19.6. The number of rotatable bonds is 4. The molecule has 2 bridgehead atoms. The second-order valence-corrected chi connectivity index (χ2v) is 12.9. The highest BCUT2D eigenvalue weighted by Crippen LogP contribution is 2.57. The number of sulfone groups is 1. The van der Waals surface area contributed by atoms with E-state index in [1.54, 1.807) is 12.1 Å². The van der Waals surface area contributed by atoms with E-state index in [0.717, 1.165) is 24.8 Å². The first-order chi connectivity index (χ1) is 15.5. The van der Waals surface area contributed by atoms with Gasteiger partial charge in [0.15, 0.2) is 0 Å². The summed E-state index contributed by atoms with van der Waals surface area (Å²) in [6, 6.07) is 8.86. The van der Waals surface area contributed by atoms with E-state index in [2.05, 4.69) is 26.8 Å². The minimum absolute atomic E-state index is 0.00928. The average Bonchev–Trinajstić information content (AvgIpc) is 3.43. The number of likely N-dealkylation sites (tertiary alicyclic amines) is 1. The Balaban J connectivity index is 1.35. The summed E-state index contributed by atoms with van der Waals surface area (Å²) < 4.78 is 30.4. The molecule has 3 aliphatic rings. The van der Waals surface area contributed by atoms with Gasteiger partial charge >= 0.3 is 0 Å². The molecule has 2 aromatic rings. The van der Waals surface area contributed by atoms with Crippen LogP contribution in [0, 0.1) is 17.3 Å². The Morgan fingerprint density at radius 3 is 2.70 bits per heavy atom. The highest BCUT2D eigenvalue weighted by Gasteiger charge is 2.57. The third kappa shape index (κ3) is 3.42. The van der Waals surface area contributed by atoms with Gasteiger partial charge in [-0.25, -0.2) is 8.42 Å². The summed E-state index contributed by atoms with van der Waals surface area (Å²) in [5.74, 6) is 0.309. The Morgan fingerprint density at radius 2 is 1.97 bits per heavy atom. The molecule has 5 rings (SSSR count). The van der Waals surface area contributed by atoms with Crippen LogP contribution in [0.1, 0.15) is 57.6 Å². The molecule has 2 fully saturated rings. The van der Waals surface area contributed by atoms with Crippen LogP contribution in [0.4, 0.5) is 0 Å². The lowest BCUT2D eigenvalue weighted by Gasteiger charge is -2.61. The van der Waals surface area contributed by atoms with Crippen LogP contribution in [0.3, 0.4) is 0 Å². The highest BCUT2D eigenvalue weighted by molar-refractivity contribution is 7.91. The minimum atomic E-state index is -3.47. The van der Waals surface area contributed by atoms with Gasteiger partial charge in [-0.1, -0.05) is 32.9 Å². The summed E-state index contributed by atoms with van der Waals surface area (Å²) in [5.41, 5.74) is 1.92. The van der Waals surface area contributed by atoms with Gasteiger partial charge in [0.1, 0.15) is 5.75 Å². The molecule has 1 N–H and O–H groups in total. The first-order valence-electron chi connectivity index (χ1n) is 11.9. The van der Waals surface area contributed by atoms with Crippen LogP contribution in [0.15, 0.2) is 46.1 Å². The second kappa shape index (κ2) is 7.62. The summed E-state index contributed by atoms with van der Waals surface area (Å²) in [6.07, 6.45) is 4.93. The molecule has 4 atom stereocenters. The molecule has 1 aliphatic heterocycles. The molecule has 2 heterocycles. The summed E-state index contributed by atoms with van der Waals surface area (Å²) in [6.45, 7) is 7.46. The average molecular weight is 472 g/mol. The van der Waals surface area contributed by atoms with Gasteiger partial charge in [-0.2, -0.15) is 0 Å². The lowest BCUT2D eigenvalue weighted by molar-refractivity contribution is -0.148. The van der Waals surface area contributed by atoms with Crippen LogP contribution in [-0.4, -0.2) is 42.7 Å². The van der Waals surface area contributed by atoms with Crippen molar-refractivity contribution in [2.24, 2.45) is 17.3 Å². The molecular formula is C26H33NO5S. The van der Waals surface area contributed by atoms with Gasteiger partial charge < -0.3 is 14.4 Å². The standard InChI is InChI=1S/C26H33NO5S/c1-25(2)22-15-19-20(6-4-7-21(19)28)26(25,3)11-12-27(22)24(29)18-10-9-17(14-18)16-33(30,31)23-8-5-13-32-23/h4-8,13,17-18,22,28H,9-12,14-16H2,1-3H3/t17?,18-,22-,26+/m1/s1. The maximum Gasteiger partial charge on any atom is 0.225 e. The monoisotopic (exact) mass is 471 g/mol. The number of phenols is 1. The Labute approximate surface area is 195 Å². The van der Waals surface area contributed by atoms with Crippen molar-refractivity contribution in [2.75, 3.05) is 12.3 Å². The number of aromatic hydroxyl groups is 1. The van der Waals surface area contributed by atoms with Crippen LogP contribution in [-0.2, 0) is 26.5 Å². The number of hydrogen-bond acceptors (Lipinski definition) is 5. The van der Waals surface area contributed by atoms with Crippen molar-refractivity contribution < 1.29 is 22.7 Å². The molecule has 1 aromatic heterocycles. The van der Waals surface area contributed by atoms with Gasteiger partial charge in [-0.15, -0.1) is 0 Å². The lowest BCUT2D eigenvalue weighted by atomic mass is 9.51. The van der Waals surface area contributed by atoms with Crippen molar-refractivity contribution in [2.45, 2.75) is 69.4 Å². The quantitative estimate of drug-likeness (QED) is 0.718. The molecule has 1 saturated heterocycles. The largest absolute Gasteiger partial charge is 0.508 e. The third-order valence-electron chi connectivity index (χ3n) is 9.06. The Hall–Kier alpha value is -2.28. The molecule has 178 valence electrons. The topological polar surface area (TPSA) is 87.8 Å². The predicted octanol–water partition coefficient (Wildman–Crippen LogP) is 4.32. The van der Waals surface area contributed by atoms with Crippen molar-refractivity contribution in [3.63, 3.8) is 0 Å². The predicted molar refractivity (Wildman–Crippen MR) is 125 cm³/mol. The molecule has 1 amide bonds. The van der Waals surface area contributed by atoms with Crippen LogP contribution in [0.25, 0.3) is 0 Å². The van der Waals surface area contributed by atoms with Gasteiger partial charge in [-0.3, -0.25) is 4.79 Å². The number of hydrogen-bond donors (Lipinski definition) is 1.